The third-order valence-corrected chi connectivity index (χ3v) is 14.2. The van der Waals surface area contributed by atoms with E-state index in [2.05, 4.69) is 69.4 Å². The molecule has 74 heavy (non-hydrogen) atoms. The van der Waals surface area contributed by atoms with Gasteiger partial charge in [-0.05, 0) is 83.5 Å². The minimum absolute atomic E-state index is 0.161. The van der Waals surface area contributed by atoms with Crippen molar-refractivity contribution in [1.82, 2.24) is 0 Å². The Morgan fingerprint density at radius 2 is 0.662 bits per heavy atom. The summed E-state index contributed by atoms with van der Waals surface area (Å²) in [6, 6.07) is 0. The van der Waals surface area contributed by atoms with E-state index >= 15 is 0 Å². The maximum atomic E-state index is 12.9. The van der Waals surface area contributed by atoms with Crippen LogP contribution in [0.2, 0.25) is 0 Å². The van der Waals surface area contributed by atoms with Crippen LogP contribution in [0.1, 0.15) is 290 Å². The molecular weight excluding hydrogens is 952 g/mol. The molecule has 12 heteroatoms. The predicted octanol–water partition coefficient (Wildman–Crippen LogP) is 18.1. The third kappa shape index (κ3) is 54.2. The number of carbonyl (C=O) groups excluding carboxylic acids is 3. The van der Waals surface area contributed by atoms with Gasteiger partial charge in [0.05, 0.1) is 19.8 Å². The van der Waals surface area contributed by atoms with Crippen molar-refractivity contribution in [2.24, 2.45) is 0 Å². The van der Waals surface area contributed by atoms with E-state index in [0.29, 0.717) is 19.3 Å². The van der Waals surface area contributed by atoms with E-state index in [4.69, 9.17) is 23.3 Å². The molecule has 0 saturated carbocycles. The number of aliphatic hydroxyl groups excluding tert-OH is 1. The lowest BCUT2D eigenvalue weighted by atomic mass is 10.0. The van der Waals surface area contributed by atoms with Crippen LogP contribution in [0.5, 0.6) is 0 Å². The number of esters is 3. The topological polar surface area (TPSA) is 155 Å². The van der Waals surface area contributed by atoms with Crippen LogP contribution in [-0.4, -0.2) is 66.5 Å². The summed E-state index contributed by atoms with van der Waals surface area (Å²) in [5, 5.41) is 9.83. The fourth-order valence-electron chi connectivity index (χ4n) is 8.54. The van der Waals surface area contributed by atoms with Crippen LogP contribution in [0, 0.1) is 0 Å². The fraction of sp³-hybridized carbons (Fsp3) is 0.823. The van der Waals surface area contributed by atoms with Crippen molar-refractivity contribution >= 4 is 25.7 Å². The molecule has 0 saturated heterocycles. The molecule has 0 aliphatic heterocycles. The quantitative estimate of drug-likeness (QED) is 0.0197. The first-order chi connectivity index (χ1) is 36.2. The molecule has 0 fully saturated rings. The molecule has 0 aromatic heterocycles. The van der Waals surface area contributed by atoms with E-state index in [1.807, 2.05) is 0 Å². The Labute approximate surface area is 453 Å². The highest BCUT2D eigenvalue weighted by Gasteiger charge is 2.28. The van der Waals surface area contributed by atoms with Gasteiger partial charge >= 0.3 is 25.7 Å². The predicted molar refractivity (Wildman–Crippen MR) is 307 cm³/mol. The number of phosphoric ester groups is 1. The first-order valence-corrected chi connectivity index (χ1v) is 32.0. The van der Waals surface area contributed by atoms with Crippen LogP contribution in [-0.2, 0) is 42.2 Å². The largest absolute Gasteiger partial charge is 0.472 e. The summed E-state index contributed by atoms with van der Waals surface area (Å²) in [4.78, 5) is 48.6. The molecule has 0 aliphatic carbocycles. The Morgan fingerprint density at radius 1 is 0.378 bits per heavy atom. The molecule has 432 valence electrons. The average Bonchev–Trinajstić information content (AvgIpc) is 3.39. The Kier molecular flexibility index (Phi) is 54.7. The van der Waals surface area contributed by atoms with Gasteiger partial charge in [0.25, 0.3) is 0 Å². The van der Waals surface area contributed by atoms with E-state index in [0.717, 1.165) is 96.3 Å². The zero-order valence-electron chi connectivity index (χ0n) is 47.8. The number of phosphoric acid groups is 1. The van der Waals surface area contributed by atoms with Crippen molar-refractivity contribution in [2.45, 2.75) is 303 Å². The lowest BCUT2D eigenvalue weighted by Crippen LogP contribution is -2.30. The number of aliphatic hydroxyl groups is 1. The summed E-state index contributed by atoms with van der Waals surface area (Å²) < 4.78 is 39.6. The summed E-state index contributed by atoms with van der Waals surface area (Å²) in [5.41, 5.74) is 0. The van der Waals surface area contributed by atoms with E-state index in [-0.39, 0.29) is 25.9 Å². The molecule has 2 N–H and O–H groups in total. The number of carbonyl (C=O) groups is 3. The van der Waals surface area contributed by atoms with Gasteiger partial charge in [0.15, 0.2) is 6.10 Å². The zero-order valence-corrected chi connectivity index (χ0v) is 48.7. The van der Waals surface area contributed by atoms with Crippen molar-refractivity contribution in [1.29, 1.82) is 0 Å². The molecule has 3 atom stereocenters. The van der Waals surface area contributed by atoms with Gasteiger partial charge in [0.1, 0.15) is 12.7 Å². The van der Waals surface area contributed by atoms with Crippen LogP contribution >= 0.6 is 7.82 Å². The summed E-state index contributed by atoms with van der Waals surface area (Å²) in [6.45, 7) is 4.62. The fourth-order valence-corrected chi connectivity index (χ4v) is 9.32. The van der Waals surface area contributed by atoms with E-state index in [1.54, 1.807) is 0 Å². The highest BCUT2D eigenvalue weighted by Crippen LogP contribution is 2.43. The first kappa shape index (κ1) is 71.4. The van der Waals surface area contributed by atoms with E-state index in [9.17, 15) is 28.9 Å². The summed E-state index contributed by atoms with van der Waals surface area (Å²) in [5.74, 6) is -1.46. The molecule has 0 amide bonds. The Hall–Kier alpha value is -2.56. The van der Waals surface area contributed by atoms with Gasteiger partial charge < -0.3 is 24.2 Å². The van der Waals surface area contributed by atoms with Gasteiger partial charge in [-0.3, -0.25) is 23.4 Å². The maximum Gasteiger partial charge on any atom is 0.472 e. The minimum atomic E-state index is -4.75. The number of hydrogen-bond acceptors (Lipinski definition) is 10. The van der Waals surface area contributed by atoms with Crippen LogP contribution < -0.4 is 0 Å². The van der Waals surface area contributed by atoms with Gasteiger partial charge in [0.2, 0.25) is 0 Å². The second kappa shape index (κ2) is 56.6. The Morgan fingerprint density at radius 3 is 1.03 bits per heavy atom. The minimum Gasteiger partial charge on any atom is -0.462 e. The number of rotatable bonds is 57. The molecule has 0 aromatic rings. The second-order valence-corrected chi connectivity index (χ2v) is 22.0. The first-order valence-electron chi connectivity index (χ1n) is 30.5. The Bertz CT molecular complexity index is 1430. The number of allylic oxidation sites excluding steroid dienone is 8. The lowest BCUT2D eigenvalue weighted by molar-refractivity contribution is -0.161. The van der Waals surface area contributed by atoms with Crippen LogP contribution in [0.15, 0.2) is 48.6 Å². The van der Waals surface area contributed by atoms with Crippen molar-refractivity contribution in [3.8, 4) is 0 Å². The molecule has 0 heterocycles. The maximum absolute atomic E-state index is 12.9. The van der Waals surface area contributed by atoms with E-state index in [1.165, 1.54) is 135 Å². The van der Waals surface area contributed by atoms with Gasteiger partial charge in [-0.25, -0.2) is 4.57 Å². The lowest BCUT2D eigenvalue weighted by Gasteiger charge is -2.21. The normalized spacial score (nSPS) is 13.6. The second-order valence-electron chi connectivity index (χ2n) is 20.5. The zero-order chi connectivity index (χ0) is 54.1. The summed E-state index contributed by atoms with van der Waals surface area (Å²) >= 11 is 0. The molecule has 3 unspecified atom stereocenters. The Balaban J connectivity index is 4.68. The number of unbranched alkanes of at least 4 members (excludes halogenated alkanes) is 32. The molecule has 0 rings (SSSR count). The highest BCUT2D eigenvalue weighted by molar-refractivity contribution is 7.47. The SMILES string of the molecule is CCCCC/C=C\C/C=C\CCCCCCCCCC(=O)OC(CO)COP(=O)(O)OCC(COC(=O)CCCCCCCCCCCCCCC)OC(=O)CCCCCCCCC/C=C\C/C=C\CCCCC. The van der Waals surface area contributed by atoms with Crippen molar-refractivity contribution in [2.75, 3.05) is 26.4 Å². The molecule has 0 aromatic carbocycles. The van der Waals surface area contributed by atoms with Gasteiger partial charge in [0, 0.05) is 19.3 Å². The third-order valence-electron chi connectivity index (χ3n) is 13.2. The van der Waals surface area contributed by atoms with Crippen molar-refractivity contribution < 1.29 is 52.2 Å². The summed E-state index contributed by atoms with van der Waals surface area (Å²) in [7, 11) is -4.75. The number of ether oxygens (including phenoxy) is 3. The van der Waals surface area contributed by atoms with Gasteiger partial charge in [-0.1, -0.05) is 236 Å². The van der Waals surface area contributed by atoms with E-state index < -0.39 is 57.8 Å². The van der Waals surface area contributed by atoms with Gasteiger partial charge in [-0.2, -0.15) is 0 Å². The summed E-state index contributed by atoms with van der Waals surface area (Å²) in [6.07, 6.45) is 60.5. The standard InChI is InChI=1S/C62H113O11P/c1-4-7-10-13-16-19-22-25-27-29-31-34-37-40-43-46-49-52-61(65)72-58(54-63)56-70-74(67,68)71-57-59(55-69-60(64)51-48-45-42-39-36-33-24-21-18-15-12-9-6-3)73-62(66)53-50-47-44-41-38-35-32-30-28-26-23-20-17-14-11-8-5-2/h16-17,19-20,25-28,58-59,63H,4-15,18,21-24,29-57H2,1-3H3,(H,67,68)/b19-16-,20-17-,27-25-,28-26-. The molecule has 0 spiro atoms. The van der Waals surface area contributed by atoms with Crippen LogP contribution in [0.4, 0.5) is 0 Å². The van der Waals surface area contributed by atoms with Crippen molar-refractivity contribution in [3.05, 3.63) is 48.6 Å². The van der Waals surface area contributed by atoms with Gasteiger partial charge in [-0.15, -0.1) is 0 Å². The smallest absolute Gasteiger partial charge is 0.462 e. The van der Waals surface area contributed by atoms with Crippen molar-refractivity contribution in [3.63, 3.8) is 0 Å². The van der Waals surface area contributed by atoms with Crippen LogP contribution in [0.3, 0.4) is 0 Å². The average molecular weight is 1070 g/mol. The molecule has 11 nitrogen and oxygen atoms in total. The molecule has 0 bridgehead atoms. The highest BCUT2D eigenvalue weighted by atomic mass is 31.2. The molecular formula is C62H113O11P. The number of hydrogen-bond donors (Lipinski definition) is 2. The monoisotopic (exact) mass is 1060 g/mol. The van der Waals surface area contributed by atoms with Crippen LogP contribution in [0.25, 0.3) is 0 Å². The molecule has 0 radical (unpaired) electrons. The molecule has 0 aliphatic rings.